The molecule has 0 radical (unpaired) electrons. The molecule has 1 aliphatic heterocycles. The second-order valence-electron chi connectivity index (χ2n) is 8.40. The molecule has 0 spiro atoms. The zero-order valence-electron chi connectivity index (χ0n) is 20.0. The third-order valence-corrected chi connectivity index (χ3v) is 7.34. The largest absolute Gasteiger partial charge is 0.493 e. The number of halogens is 2. The molecule has 1 fully saturated rings. The summed E-state index contributed by atoms with van der Waals surface area (Å²) in [5, 5.41) is 5.37. The maximum absolute atomic E-state index is 13.3. The topological polar surface area (TPSA) is 67.9 Å². The highest BCUT2D eigenvalue weighted by atomic mass is 127. The lowest BCUT2D eigenvalue weighted by molar-refractivity contribution is -0.122. The first kappa shape index (κ1) is 26.1. The highest BCUT2D eigenvalue weighted by Crippen LogP contribution is 2.36. The number of hydrogen-bond acceptors (Lipinski definition) is 5. The predicted octanol–water partition coefficient (Wildman–Crippen LogP) is 6.52. The molecule has 4 aromatic carbocycles. The Morgan fingerprint density at radius 1 is 1.03 bits per heavy atom. The van der Waals surface area contributed by atoms with Gasteiger partial charge in [0.05, 0.1) is 16.4 Å². The summed E-state index contributed by atoms with van der Waals surface area (Å²) < 4.78 is 12.6. The van der Waals surface area contributed by atoms with E-state index in [0.717, 1.165) is 19.9 Å². The second kappa shape index (κ2) is 11.1. The van der Waals surface area contributed by atoms with Gasteiger partial charge in [-0.1, -0.05) is 54.1 Å². The van der Waals surface area contributed by atoms with E-state index >= 15 is 0 Å². The minimum absolute atomic E-state index is 0.00353. The SMILES string of the molecule is COc1cc(/C=C2\C(=O)NC(=S)N(c3ccc(Cl)cc3)C2=O)cc(I)c1OCc1cccc2ccccc12. The van der Waals surface area contributed by atoms with Crippen LogP contribution >= 0.6 is 46.4 Å². The lowest BCUT2D eigenvalue weighted by atomic mass is 10.1. The standard InChI is InChI=1S/C29H20ClIN2O4S/c1-36-25-15-17(13-23-27(34)32-29(38)33(28(23)35)21-11-9-20(30)10-12-21)14-24(31)26(25)37-16-19-7-4-6-18-5-2-3-8-22(18)19/h2-15H,16H2,1H3,(H,32,34,38)/b23-13+. The third-order valence-electron chi connectivity index (χ3n) is 6.00. The molecule has 190 valence electrons. The quantitative estimate of drug-likeness (QED) is 0.111. The van der Waals surface area contributed by atoms with E-state index in [1.807, 2.05) is 30.3 Å². The number of carbonyl (C=O) groups is 2. The Morgan fingerprint density at radius 2 is 1.76 bits per heavy atom. The van der Waals surface area contributed by atoms with Gasteiger partial charge >= 0.3 is 0 Å². The minimum Gasteiger partial charge on any atom is -0.493 e. The lowest BCUT2D eigenvalue weighted by Gasteiger charge is -2.29. The van der Waals surface area contributed by atoms with Crippen LogP contribution < -0.4 is 19.7 Å². The fourth-order valence-electron chi connectivity index (χ4n) is 4.18. The first-order valence-electron chi connectivity index (χ1n) is 11.5. The molecule has 1 saturated heterocycles. The summed E-state index contributed by atoms with van der Waals surface area (Å²) in [5.74, 6) is -0.0499. The van der Waals surface area contributed by atoms with Crippen molar-refractivity contribution in [2.75, 3.05) is 12.0 Å². The van der Waals surface area contributed by atoms with E-state index < -0.39 is 11.8 Å². The Morgan fingerprint density at radius 3 is 2.53 bits per heavy atom. The molecule has 0 aliphatic carbocycles. The Bertz CT molecular complexity index is 1620. The average molecular weight is 655 g/mol. The van der Waals surface area contributed by atoms with Crippen molar-refractivity contribution in [3.63, 3.8) is 0 Å². The van der Waals surface area contributed by atoms with Gasteiger partial charge in [0.1, 0.15) is 12.2 Å². The van der Waals surface area contributed by atoms with E-state index in [4.69, 9.17) is 33.3 Å². The molecule has 0 atom stereocenters. The van der Waals surface area contributed by atoms with Crippen LogP contribution in [0.2, 0.25) is 5.02 Å². The van der Waals surface area contributed by atoms with Crippen LogP contribution in [0.3, 0.4) is 0 Å². The number of carbonyl (C=O) groups excluding carboxylic acids is 2. The molecule has 1 aliphatic rings. The van der Waals surface area contributed by atoms with Gasteiger partial charge in [-0.25, -0.2) is 0 Å². The molecule has 0 unspecified atom stereocenters. The number of thiocarbonyl (C=S) groups is 1. The smallest absolute Gasteiger partial charge is 0.270 e. The van der Waals surface area contributed by atoms with E-state index in [2.05, 4.69) is 46.1 Å². The molecule has 0 aromatic heterocycles. The Hall–Kier alpha value is -3.47. The molecule has 5 rings (SSSR count). The Balaban J connectivity index is 1.44. The van der Waals surface area contributed by atoms with Gasteiger partial charge in [0.15, 0.2) is 16.6 Å². The van der Waals surface area contributed by atoms with Crippen LogP contribution in [0.25, 0.3) is 16.8 Å². The number of benzene rings is 4. The first-order valence-corrected chi connectivity index (χ1v) is 13.4. The van der Waals surface area contributed by atoms with Crippen molar-refractivity contribution in [3.05, 3.63) is 104 Å². The summed E-state index contributed by atoms with van der Waals surface area (Å²) in [4.78, 5) is 27.3. The van der Waals surface area contributed by atoms with Crippen LogP contribution in [0.15, 0.2) is 84.4 Å². The van der Waals surface area contributed by atoms with Gasteiger partial charge in [0.25, 0.3) is 11.8 Å². The van der Waals surface area contributed by atoms with Gasteiger partial charge in [-0.15, -0.1) is 0 Å². The molecule has 0 bridgehead atoms. The minimum atomic E-state index is -0.574. The van der Waals surface area contributed by atoms with Crippen molar-refractivity contribution in [2.45, 2.75) is 6.61 Å². The highest BCUT2D eigenvalue weighted by Gasteiger charge is 2.34. The zero-order valence-corrected chi connectivity index (χ0v) is 23.8. The van der Waals surface area contributed by atoms with Crippen molar-refractivity contribution in [3.8, 4) is 11.5 Å². The number of nitrogens with one attached hydrogen (secondary N) is 1. The van der Waals surface area contributed by atoms with Gasteiger partial charge in [-0.3, -0.25) is 19.8 Å². The van der Waals surface area contributed by atoms with Gasteiger partial charge in [0.2, 0.25) is 0 Å². The van der Waals surface area contributed by atoms with Crippen molar-refractivity contribution in [2.24, 2.45) is 0 Å². The summed E-state index contributed by atoms with van der Waals surface area (Å²) in [6, 6.07) is 24.4. The van der Waals surface area contributed by atoms with Crippen molar-refractivity contribution in [1.29, 1.82) is 0 Å². The van der Waals surface area contributed by atoms with Gasteiger partial charge in [-0.2, -0.15) is 0 Å². The molecule has 0 saturated carbocycles. The fraction of sp³-hybridized carbons (Fsp3) is 0.0690. The van der Waals surface area contributed by atoms with Gasteiger partial charge in [0, 0.05) is 5.02 Å². The molecule has 9 heteroatoms. The molecular formula is C29H20ClIN2O4S. The maximum atomic E-state index is 13.3. The van der Waals surface area contributed by atoms with Crippen molar-refractivity contribution < 1.29 is 19.1 Å². The molecule has 1 heterocycles. The summed E-state index contributed by atoms with van der Waals surface area (Å²) in [6.45, 7) is 0.350. The van der Waals surface area contributed by atoms with E-state index in [1.54, 1.807) is 37.4 Å². The summed E-state index contributed by atoms with van der Waals surface area (Å²) >= 11 is 13.4. The van der Waals surface area contributed by atoms with Gasteiger partial charge < -0.3 is 9.47 Å². The van der Waals surface area contributed by atoms with Crippen LogP contribution in [0.5, 0.6) is 11.5 Å². The zero-order chi connectivity index (χ0) is 26.8. The van der Waals surface area contributed by atoms with Crippen LogP contribution in [0, 0.1) is 3.57 Å². The molecule has 38 heavy (non-hydrogen) atoms. The van der Waals surface area contributed by atoms with Crippen LogP contribution in [-0.2, 0) is 16.2 Å². The van der Waals surface area contributed by atoms with Crippen molar-refractivity contribution >= 4 is 85.9 Å². The van der Waals surface area contributed by atoms with E-state index in [9.17, 15) is 9.59 Å². The number of nitrogens with zero attached hydrogens (tertiary/aromatic N) is 1. The fourth-order valence-corrected chi connectivity index (χ4v) is 5.37. The average Bonchev–Trinajstić information content (AvgIpc) is 2.91. The first-order chi connectivity index (χ1) is 18.4. The van der Waals surface area contributed by atoms with Gasteiger partial charge in [-0.05, 0) is 99.2 Å². The molecule has 4 aromatic rings. The van der Waals surface area contributed by atoms with Crippen LogP contribution in [0.4, 0.5) is 5.69 Å². The second-order valence-corrected chi connectivity index (χ2v) is 10.4. The normalized spacial score (nSPS) is 14.7. The highest BCUT2D eigenvalue weighted by molar-refractivity contribution is 14.1. The monoisotopic (exact) mass is 654 g/mol. The Kier molecular flexibility index (Phi) is 7.64. The van der Waals surface area contributed by atoms with E-state index in [0.29, 0.717) is 34.4 Å². The number of amides is 2. The number of anilines is 1. The lowest BCUT2D eigenvalue weighted by Crippen LogP contribution is -2.54. The number of methoxy groups -OCH3 is 1. The van der Waals surface area contributed by atoms with E-state index in [-0.39, 0.29) is 10.7 Å². The number of fused-ring (bicyclic) bond motifs is 1. The predicted molar refractivity (Wildman–Crippen MR) is 162 cm³/mol. The third kappa shape index (κ3) is 5.24. The molecule has 2 amide bonds. The Labute approximate surface area is 243 Å². The van der Waals surface area contributed by atoms with Crippen molar-refractivity contribution in [1.82, 2.24) is 5.32 Å². The molecule has 6 nitrogen and oxygen atoms in total. The van der Waals surface area contributed by atoms with Crippen LogP contribution in [0.1, 0.15) is 11.1 Å². The molecular weight excluding hydrogens is 635 g/mol. The maximum Gasteiger partial charge on any atom is 0.270 e. The summed E-state index contributed by atoms with van der Waals surface area (Å²) in [5.41, 5.74) is 2.09. The molecule has 1 N–H and O–H groups in total. The summed E-state index contributed by atoms with van der Waals surface area (Å²) in [6.07, 6.45) is 1.52. The summed E-state index contributed by atoms with van der Waals surface area (Å²) in [7, 11) is 1.55. The number of ether oxygens (including phenoxy) is 2. The number of rotatable bonds is 6. The number of hydrogen-bond donors (Lipinski definition) is 1. The van der Waals surface area contributed by atoms with E-state index in [1.165, 1.54) is 11.0 Å². The van der Waals surface area contributed by atoms with Crippen LogP contribution in [-0.4, -0.2) is 24.0 Å².